The summed E-state index contributed by atoms with van der Waals surface area (Å²) in [5.74, 6) is 1.33. The Kier molecular flexibility index (Phi) is 5.79. The van der Waals surface area contributed by atoms with Crippen molar-refractivity contribution in [3.05, 3.63) is 47.3 Å². The fourth-order valence-electron chi connectivity index (χ4n) is 3.98. The number of likely N-dealkylation sites (N-methyl/N-ethyl adjacent to an activating group) is 1. The van der Waals surface area contributed by atoms with Crippen molar-refractivity contribution in [2.24, 2.45) is 4.99 Å². The van der Waals surface area contributed by atoms with E-state index in [4.69, 9.17) is 14.5 Å². The van der Waals surface area contributed by atoms with E-state index in [2.05, 4.69) is 5.10 Å². The third kappa shape index (κ3) is 3.66. The second-order valence-corrected chi connectivity index (χ2v) is 7.81. The summed E-state index contributed by atoms with van der Waals surface area (Å²) < 4.78 is 14.0. The van der Waals surface area contributed by atoms with Gasteiger partial charge in [-0.1, -0.05) is 17.1 Å². The molecule has 32 heavy (non-hydrogen) atoms. The topological polar surface area (TPSA) is 92.3 Å². The first-order valence-electron chi connectivity index (χ1n) is 10.3. The largest absolute Gasteiger partial charge is 0.497 e. The van der Waals surface area contributed by atoms with Crippen LogP contribution in [0.1, 0.15) is 17.0 Å². The van der Waals surface area contributed by atoms with Crippen LogP contribution in [-0.4, -0.2) is 88.4 Å². The molecule has 1 fully saturated rings. The number of carbonyl (C=O) groups excluding carboxylic acids is 2. The third-order valence-corrected chi connectivity index (χ3v) is 5.62. The van der Waals surface area contributed by atoms with Gasteiger partial charge in [-0.15, -0.1) is 9.78 Å². The Bertz CT molecular complexity index is 1120. The Morgan fingerprint density at radius 2 is 1.84 bits per heavy atom. The van der Waals surface area contributed by atoms with Gasteiger partial charge in [0.05, 0.1) is 32.5 Å². The van der Waals surface area contributed by atoms with Gasteiger partial charge in [0.1, 0.15) is 11.4 Å². The number of methoxy groups -OCH3 is 2. The summed E-state index contributed by atoms with van der Waals surface area (Å²) in [6.45, 7) is 4.68. The van der Waals surface area contributed by atoms with Gasteiger partial charge >= 0.3 is 12.0 Å². The van der Waals surface area contributed by atoms with Gasteiger partial charge in [-0.25, -0.2) is 9.37 Å². The minimum Gasteiger partial charge on any atom is -0.497 e. The maximum atomic E-state index is 13.5. The maximum Gasteiger partial charge on any atom is 0.421 e. The van der Waals surface area contributed by atoms with Crippen molar-refractivity contribution >= 4 is 23.7 Å². The quantitative estimate of drug-likeness (QED) is 0.632. The lowest BCUT2D eigenvalue weighted by Gasteiger charge is -2.34. The molecular weight excluding hydrogens is 412 g/mol. The second kappa shape index (κ2) is 8.54. The predicted octanol–water partition coefficient (Wildman–Crippen LogP) is 1.25. The van der Waals surface area contributed by atoms with Crippen molar-refractivity contribution in [3.63, 3.8) is 0 Å². The summed E-state index contributed by atoms with van der Waals surface area (Å²) in [6.07, 6.45) is 0. The Morgan fingerprint density at radius 3 is 2.44 bits per heavy atom. The minimum absolute atomic E-state index is 0.175. The highest BCUT2D eigenvalue weighted by Gasteiger charge is 2.53. The number of ether oxygens (including phenoxy) is 2. The van der Waals surface area contributed by atoms with Gasteiger partial charge in [-0.2, -0.15) is 0 Å². The van der Waals surface area contributed by atoms with Gasteiger partial charge in [-0.3, -0.25) is 14.6 Å². The van der Waals surface area contributed by atoms with Crippen LogP contribution in [0.5, 0.6) is 5.75 Å². The molecule has 2 aliphatic rings. The fourth-order valence-corrected chi connectivity index (χ4v) is 3.98. The van der Waals surface area contributed by atoms with Gasteiger partial charge in [-0.05, 0) is 37.6 Å². The van der Waals surface area contributed by atoms with Gasteiger partial charge in [0.2, 0.25) is 11.9 Å². The Labute approximate surface area is 186 Å². The van der Waals surface area contributed by atoms with E-state index in [0.29, 0.717) is 18.3 Å². The minimum atomic E-state index is -0.740. The van der Waals surface area contributed by atoms with E-state index in [1.807, 2.05) is 48.8 Å². The lowest BCUT2D eigenvalue weighted by atomic mass is 10.1. The first-order chi connectivity index (χ1) is 15.3. The monoisotopic (exact) mass is 439 g/mol. The summed E-state index contributed by atoms with van der Waals surface area (Å²) >= 11 is 0. The molecule has 2 aliphatic heterocycles. The Morgan fingerprint density at radius 1 is 1.12 bits per heavy atom. The van der Waals surface area contributed by atoms with Gasteiger partial charge in [0, 0.05) is 14.2 Å². The highest BCUT2D eigenvalue weighted by Crippen LogP contribution is 2.23. The summed E-state index contributed by atoms with van der Waals surface area (Å²) in [4.78, 5) is 33.7. The first kappa shape index (κ1) is 21.7. The molecule has 0 bridgehead atoms. The SMILES string of the molecule is COCCN1C(=O)C2C(=NC(n3nc(C)cc3C)=[N+]2Cc2ccc(OC)cc2)N(C)C1=O. The number of fused-ring (bicyclic) bond motifs is 1. The molecule has 1 unspecified atom stereocenters. The molecule has 10 nitrogen and oxygen atoms in total. The molecule has 0 radical (unpaired) electrons. The smallest absolute Gasteiger partial charge is 0.421 e. The van der Waals surface area contributed by atoms with Crippen molar-refractivity contribution in [3.8, 4) is 5.75 Å². The van der Waals surface area contributed by atoms with Crippen LogP contribution in [0.4, 0.5) is 4.79 Å². The molecule has 3 amide bonds. The van der Waals surface area contributed by atoms with Crippen LogP contribution in [0.3, 0.4) is 0 Å². The number of aromatic nitrogens is 2. The number of imide groups is 1. The van der Waals surface area contributed by atoms with E-state index in [1.165, 1.54) is 16.9 Å². The van der Waals surface area contributed by atoms with Crippen molar-refractivity contribution in [1.29, 1.82) is 0 Å². The zero-order valence-electron chi connectivity index (χ0n) is 18.9. The number of urea groups is 1. The molecule has 0 N–H and O–H groups in total. The first-order valence-corrected chi connectivity index (χ1v) is 10.3. The molecule has 1 atom stereocenters. The second-order valence-electron chi connectivity index (χ2n) is 7.81. The lowest BCUT2D eigenvalue weighted by molar-refractivity contribution is -0.553. The summed E-state index contributed by atoms with van der Waals surface area (Å²) in [7, 11) is 4.79. The Balaban J connectivity index is 1.80. The highest BCUT2D eigenvalue weighted by atomic mass is 16.5. The van der Waals surface area contributed by atoms with E-state index < -0.39 is 12.1 Å². The number of amidine groups is 1. The number of carbonyl (C=O) groups is 2. The van der Waals surface area contributed by atoms with E-state index in [1.54, 1.807) is 18.8 Å². The standard InChI is InChI=1S/C22H27N6O4/c1-14-12-15(2)28(24-14)21-23-19-18(20(29)26(10-11-31-4)22(30)25(19)3)27(21)13-16-6-8-17(32-5)9-7-16/h6-9,12,18H,10-11,13H2,1-5H3/q+1. The van der Waals surface area contributed by atoms with Crippen LogP contribution < -0.4 is 4.74 Å². The Hall–Kier alpha value is -3.53. The molecule has 0 spiro atoms. The molecule has 0 saturated carbocycles. The van der Waals surface area contributed by atoms with Crippen LogP contribution in [0.2, 0.25) is 0 Å². The average Bonchev–Trinajstić information content (AvgIpc) is 3.32. The molecule has 3 heterocycles. The van der Waals surface area contributed by atoms with Crippen LogP contribution in [0, 0.1) is 13.8 Å². The maximum absolute atomic E-state index is 13.5. The van der Waals surface area contributed by atoms with Gasteiger partial charge in [0.25, 0.3) is 5.91 Å². The van der Waals surface area contributed by atoms with Crippen LogP contribution in [-0.2, 0) is 16.1 Å². The van der Waals surface area contributed by atoms with Crippen LogP contribution in [0.15, 0.2) is 35.3 Å². The molecule has 1 aromatic heterocycles. The summed E-state index contributed by atoms with van der Waals surface area (Å²) in [5, 5.41) is 4.57. The zero-order valence-corrected chi connectivity index (χ0v) is 18.9. The number of benzene rings is 1. The van der Waals surface area contributed by atoms with E-state index in [-0.39, 0.29) is 19.1 Å². The fraction of sp³-hybridized carbons (Fsp3) is 0.409. The van der Waals surface area contributed by atoms with Crippen molar-refractivity contribution < 1.29 is 23.6 Å². The third-order valence-electron chi connectivity index (χ3n) is 5.62. The molecule has 2 aromatic rings. The number of aryl methyl sites for hydroxylation is 2. The van der Waals surface area contributed by atoms with Gasteiger partial charge < -0.3 is 9.47 Å². The molecule has 1 aromatic carbocycles. The highest BCUT2D eigenvalue weighted by molar-refractivity contribution is 6.23. The van der Waals surface area contributed by atoms with Crippen molar-refractivity contribution in [2.75, 3.05) is 34.4 Å². The number of amides is 3. The predicted molar refractivity (Wildman–Crippen MR) is 117 cm³/mol. The molecular formula is C22H27N6O4+. The number of nitrogens with zero attached hydrogens (tertiary/aromatic N) is 6. The zero-order chi connectivity index (χ0) is 23.0. The van der Waals surface area contributed by atoms with E-state index >= 15 is 0 Å². The van der Waals surface area contributed by atoms with Crippen LogP contribution in [0.25, 0.3) is 0 Å². The van der Waals surface area contributed by atoms with E-state index in [0.717, 1.165) is 22.7 Å². The molecule has 0 aliphatic carbocycles. The molecule has 168 valence electrons. The van der Waals surface area contributed by atoms with E-state index in [9.17, 15) is 9.59 Å². The number of hydrogen-bond donors (Lipinski definition) is 0. The molecule has 4 rings (SSSR count). The molecule has 10 heteroatoms. The lowest BCUT2D eigenvalue weighted by Crippen LogP contribution is -2.63. The normalized spacial score (nSPS) is 18.4. The molecule has 1 saturated heterocycles. The number of aliphatic imine (C=N–C) groups is 1. The van der Waals surface area contributed by atoms with Crippen molar-refractivity contribution in [1.82, 2.24) is 19.6 Å². The van der Waals surface area contributed by atoms with Crippen molar-refractivity contribution in [2.45, 2.75) is 26.4 Å². The van der Waals surface area contributed by atoms with Crippen LogP contribution >= 0.6 is 0 Å². The summed E-state index contributed by atoms with van der Waals surface area (Å²) in [5.41, 5.74) is 2.70. The van der Waals surface area contributed by atoms with Gasteiger partial charge in [0.15, 0.2) is 0 Å². The summed E-state index contributed by atoms with van der Waals surface area (Å²) in [6, 6.07) is 8.43. The average molecular weight is 439 g/mol. The number of rotatable bonds is 6. The number of hydrogen-bond acceptors (Lipinski definition) is 6.